The fraction of sp³-hybridized carbons (Fsp3) is 0.800. The second-order valence-corrected chi connectivity index (χ2v) is 3.91. The zero-order chi connectivity index (χ0) is 8.91. The lowest BCUT2D eigenvalue weighted by atomic mass is 10.7. The zero-order valence-electron chi connectivity index (χ0n) is 5.77. The molecule has 0 unspecified atom stereocenters. The highest BCUT2D eigenvalue weighted by atomic mass is 35.6. The molecule has 0 heterocycles. The standard InChI is InChI=1S/C5H7Cl3O3/c1-10-2-3-11-4(9)5(6,7)8/h2-3H2,1H3. The van der Waals surface area contributed by atoms with Crippen molar-refractivity contribution in [3.05, 3.63) is 0 Å². The van der Waals surface area contributed by atoms with Crippen LogP contribution in [0.3, 0.4) is 0 Å². The van der Waals surface area contributed by atoms with Gasteiger partial charge >= 0.3 is 5.97 Å². The fourth-order valence-corrected chi connectivity index (χ4v) is 0.463. The highest BCUT2D eigenvalue weighted by molar-refractivity contribution is 6.75. The topological polar surface area (TPSA) is 35.5 Å². The van der Waals surface area contributed by atoms with Crippen molar-refractivity contribution in [1.82, 2.24) is 0 Å². The van der Waals surface area contributed by atoms with Gasteiger partial charge < -0.3 is 9.47 Å². The molecule has 0 aliphatic heterocycles. The number of rotatable bonds is 3. The molecule has 0 aliphatic rings. The second kappa shape index (κ2) is 5.04. The number of alkyl halides is 3. The number of esters is 1. The maximum Gasteiger partial charge on any atom is 0.358 e. The Morgan fingerprint density at radius 3 is 2.27 bits per heavy atom. The van der Waals surface area contributed by atoms with Crippen LogP contribution in [-0.4, -0.2) is 30.1 Å². The van der Waals surface area contributed by atoms with E-state index in [9.17, 15) is 4.79 Å². The molecular formula is C5H7Cl3O3. The SMILES string of the molecule is COCCOC(=O)C(Cl)(Cl)Cl. The minimum Gasteiger partial charge on any atom is -0.460 e. The zero-order valence-corrected chi connectivity index (χ0v) is 8.04. The first kappa shape index (κ1) is 11.3. The molecule has 0 fully saturated rings. The molecule has 0 saturated heterocycles. The number of carbonyl (C=O) groups excluding carboxylic acids is 1. The molecule has 0 rings (SSSR count). The van der Waals surface area contributed by atoms with Crippen LogP contribution in [0.4, 0.5) is 0 Å². The van der Waals surface area contributed by atoms with E-state index < -0.39 is 9.76 Å². The summed E-state index contributed by atoms with van der Waals surface area (Å²) in [7, 11) is 1.48. The van der Waals surface area contributed by atoms with E-state index in [1.165, 1.54) is 7.11 Å². The van der Waals surface area contributed by atoms with Gasteiger partial charge in [-0.3, -0.25) is 0 Å². The number of hydrogen-bond donors (Lipinski definition) is 0. The van der Waals surface area contributed by atoms with Gasteiger partial charge in [0.2, 0.25) is 0 Å². The molecule has 66 valence electrons. The van der Waals surface area contributed by atoms with Crippen molar-refractivity contribution in [3.8, 4) is 0 Å². The predicted molar refractivity (Wildman–Crippen MR) is 43.1 cm³/mol. The summed E-state index contributed by atoms with van der Waals surface area (Å²) in [4.78, 5) is 10.7. The van der Waals surface area contributed by atoms with E-state index in [2.05, 4.69) is 9.47 Å². The van der Waals surface area contributed by atoms with E-state index in [1.807, 2.05) is 0 Å². The Morgan fingerprint density at radius 2 is 1.91 bits per heavy atom. The monoisotopic (exact) mass is 220 g/mol. The van der Waals surface area contributed by atoms with Gasteiger partial charge in [0.15, 0.2) is 0 Å². The van der Waals surface area contributed by atoms with Crippen molar-refractivity contribution in [1.29, 1.82) is 0 Å². The molecule has 0 aromatic carbocycles. The summed E-state index contributed by atoms with van der Waals surface area (Å²) in [5, 5.41) is 0. The van der Waals surface area contributed by atoms with Crippen LogP contribution in [0.15, 0.2) is 0 Å². The molecule has 0 aromatic heterocycles. The third-order valence-corrected chi connectivity index (χ3v) is 1.21. The van der Waals surface area contributed by atoms with E-state index in [4.69, 9.17) is 34.8 Å². The van der Waals surface area contributed by atoms with Crippen LogP contribution in [0.2, 0.25) is 0 Å². The van der Waals surface area contributed by atoms with Crippen molar-refractivity contribution in [3.63, 3.8) is 0 Å². The minimum atomic E-state index is -1.99. The lowest BCUT2D eigenvalue weighted by Crippen LogP contribution is -2.23. The molecule has 0 atom stereocenters. The van der Waals surface area contributed by atoms with Gasteiger partial charge in [-0.05, 0) is 0 Å². The molecule has 0 bridgehead atoms. The Balaban J connectivity index is 3.54. The Labute approximate surface area is 79.5 Å². The lowest BCUT2D eigenvalue weighted by Gasteiger charge is -2.09. The van der Waals surface area contributed by atoms with Crippen LogP contribution >= 0.6 is 34.8 Å². The maximum absolute atomic E-state index is 10.7. The first-order valence-corrected chi connectivity index (χ1v) is 3.84. The van der Waals surface area contributed by atoms with Gasteiger partial charge in [-0.15, -0.1) is 0 Å². The van der Waals surface area contributed by atoms with Gasteiger partial charge in [0.1, 0.15) is 6.61 Å². The Bertz CT molecular complexity index is 131. The van der Waals surface area contributed by atoms with Crippen LogP contribution in [0.5, 0.6) is 0 Å². The molecule has 11 heavy (non-hydrogen) atoms. The molecule has 0 radical (unpaired) electrons. The number of hydrogen-bond acceptors (Lipinski definition) is 3. The average molecular weight is 221 g/mol. The van der Waals surface area contributed by atoms with Crippen molar-refractivity contribution in [2.24, 2.45) is 0 Å². The highest BCUT2D eigenvalue weighted by Crippen LogP contribution is 2.27. The largest absolute Gasteiger partial charge is 0.460 e. The van der Waals surface area contributed by atoms with Crippen molar-refractivity contribution < 1.29 is 14.3 Å². The summed E-state index contributed by atoms with van der Waals surface area (Å²) >= 11 is 15.5. The van der Waals surface area contributed by atoms with Gasteiger partial charge in [0.05, 0.1) is 6.61 Å². The highest BCUT2D eigenvalue weighted by Gasteiger charge is 2.32. The average Bonchev–Trinajstić information content (AvgIpc) is 1.86. The molecular weight excluding hydrogens is 214 g/mol. The van der Waals surface area contributed by atoms with E-state index in [1.54, 1.807) is 0 Å². The first-order valence-electron chi connectivity index (χ1n) is 2.71. The third kappa shape index (κ3) is 5.56. The van der Waals surface area contributed by atoms with E-state index in [0.29, 0.717) is 0 Å². The van der Waals surface area contributed by atoms with Crippen LogP contribution in [0, 0.1) is 0 Å². The van der Waals surface area contributed by atoms with Gasteiger partial charge in [0.25, 0.3) is 3.79 Å². The predicted octanol–water partition coefficient (Wildman–Crippen LogP) is 1.55. The molecule has 0 N–H and O–H groups in total. The first-order chi connectivity index (χ1) is 4.98. The number of ether oxygens (including phenoxy) is 2. The summed E-state index contributed by atoms with van der Waals surface area (Å²) in [6.45, 7) is 0.371. The number of halogens is 3. The summed E-state index contributed by atoms with van der Waals surface area (Å²) in [5.41, 5.74) is 0. The molecule has 0 aliphatic carbocycles. The smallest absolute Gasteiger partial charge is 0.358 e. The maximum atomic E-state index is 10.7. The molecule has 0 aromatic rings. The molecule has 6 heteroatoms. The summed E-state index contributed by atoms with van der Waals surface area (Å²) in [6, 6.07) is 0. The number of carbonyl (C=O) groups is 1. The van der Waals surface area contributed by atoms with Crippen molar-refractivity contribution in [2.45, 2.75) is 3.79 Å². The van der Waals surface area contributed by atoms with Gasteiger partial charge in [-0.25, -0.2) is 4.79 Å². The van der Waals surface area contributed by atoms with E-state index >= 15 is 0 Å². The van der Waals surface area contributed by atoms with E-state index in [0.717, 1.165) is 0 Å². The molecule has 0 spiro atoms. The minimum absolute atomic E-state index is 0.0866. The molecule has 0 saturated carbocycles. The van der Waals surface area contributed by atoms with Crippen molar-refractivity contribution >= 4 is 40.8 Å². The Morgan fingerprint density at radius 1 is 1.36 bits per heavy atom. The lowest BCUT2D eigenvalue weighted by molar-refractivity contribution is -0.143. The molecule has 3 nitrogen and oxygen atoms in total. The fourth-order valence-electron chi connectivity index (χ4n) is 0.300. The third-order valence-electron chi connectivity index (χ3n) is 0.752. The normalized spacial score (nSPS) is 11.3. The van der Waals surface area contributed by atoms with Gasteiger partial charge in [-0.2, -0.15) is 0 Å². The van der Waals surface area contributed by atoms with Crippen molar-refractivity contribution in [2.75, 3.05) is 20.3 Å². The van der Waals surface area contributed by atoms with Gasteiger partial charge in [0, 0.05) is 7.11 Å². The second-order valence-electron chi connectivity index (χ2n) is 1.63. The van der Waals surface area contributed by atoms with Crippen LogP contribution in [0.25, 0.3) is 0 Å². The summed E-state index contributed by atoms with van der Waals surface area (Å²) in [5.74, 6) is -0.889. The summed E-state index contributed by atoms with van der Waals surface area (Å²) < 4.78 is 7.09. The van der Waals surface area contributed by atoms with E-state index in [-0.39, 0.29) is 13.2 Å². The molecule has 0 amide bonds. The Kier molecular flexibility index (Phi) is 5.17. The quantitative estimate of drug-likeness (QED) is 0.412. The van der Waals surface area contributed by atoms with Gasteiger partial charge in [-0.1, -0.05) is 34.8 Å². The summed E-state index contributed by atoms with van der Waals surface area (Å²) in [6.07, 6.45) is 0. The van der Waals surface area contributed by atoms with Crippen LogP contribution in [-0.2, 0) is 14.3 Å². The van der Waals surface area contributed by atoms with Crippen LogP contribution < -0.4 is 0 Å². The number of methoxy groups -OCH3 is 1. The van der Waals surface area contributed by atoms with Crippen LogP contribution in [0.1, 0.15) is 0 Å². The Hall–Kier alpha value is 0.300.